The Morgan fingerprint density at radius 1 is 0.778 bits per heavy atom. The van der Waals surface area contributed by atoms with Gasteiger partial charge in [0.2, 0.25) is 0 Å². The summed E-state index contributed by atoms with van der Waals surface area (Å²) in [5, 5.41) is 7.02. The van der Waals surface area contributed by atoms with Crippen LogP contribution in [0.25, 0.3) is 0 Å². The molecule has 6 nitrogen and oxygen atoms in total. The van der Waals surface area contributed by atoms with Gasteiger partial charge in [0.25, 0.3) is 13.4 Å². The third-order valence-electron chi connectivity index (χ3n) is 3.64. The minimum atomic E-state index is -4.14. The van der Waals surface area contributed by atoms with Gasteiger partial charge in [-0.15, -0.1) is 5.16 Å². The SMILES string of the molecule is N=[P+]([O-])S(=O)(=O)c1ccc(C(Oc2ccccc2)Oc2ccccc2)cc1. The molecule has 0 saturated heterocycles. The van der Waals surface area contributed by atoms with Crippen LogP contribution in [0.2, 0.25) is 0 Å². The second kappa shape index (κ2) is 8.31. The molecule has 0 aromatic heterocycles. The average Bonchev–Trinajstić information content (AvgIpc) is 2.69. The number of hydrogen-bond acceptors (Lipinski definition) is 6. The van der Waals surface area contributed by atoms with Crippen molar-refractivity contribution in [2.24, 2.45) is 0 Å². The van der Waals surface area contributed by atoms with E-state index in [9.17, 15) is 13.3 Å². The first-order valence-corrected chi connectivity index (χ1v) is 11.3. The molecule has 27 heavy (non-hydrogen) atoms. The zero-order chi connectivity index (χ0) is 19.3. The predicted octanol–water partition coefficient (Wildman–Crippen LogP) is 4.05. The quantitative estimate of drug-likeness (QED) is 0.476. The summed E-state index contributed by atoms with van der Waals surface area (Å²) in [5.41, 5.74) is 0.571. The molecule has 1 atom stereocenters. The van der Waals surface area contributed by atoms with Gasteiger partial charge in [0.1, 0.15) is 16.4 Å². The lowest BCUT2D eigenvalue weighted by Crippen LogP contribution is -2.15. The summed E-state index contributed by atoms with van der Waals surface area (Å²) < 4.78 is 35.5. The van der Waals surface area contributed by atoms with E-state index in [1.165, 1.54) is 24.3 Å². The fourth-order valence-corrected chi connectivity index (χ4v) is 3.91. The van der Waals surface area contributed by atoms with Gasteiger partial charge in [0.05, 0.1) is 0 Å². The summed E-state index contributed by atoms with van der Waals surface area (Å²) in [7, 11) is -7.26. The molecule has 3 aromatic rings. The lowest BCUT2D eigenvalue weighted by atomic mass is 10.2. The van der Waals surface area contributed by atoms with E-state index in [4.69, 9.17) is 14.6 Å². The number of nitrogens with one attached hydrogen (secondary N) is 1. The van der Waals surface area contributed by atoms with Crippen molar-refractivity contribution in [2.75, 3.05) is 0 Å². The highest BCUT2D eigenvalue weighted by Crippen LogP contribution is 2.31. The van der Waals surface area contributed by atoms with E-state index in [0.29, 0.717) is 17.1 Å². The van der Waals surface area contributed by atoms with E-state index >= 15 is 0 Å². The molecule has 1 N–H and O–H groups in total. The van der Waals surface area contributed by atoms with Crippen LogP contribution in [-0.2, 0) is 9.46 Å². The van der Waals surface area contributed by atoms with Crippen LogP contribution in [0.1, 0.15) is 11.9 Å². The molecule has 0 heterocycles. The van der Waals surface area contributed by atoms with Gasteiger partial charge in [-0.3, -0.25) is 0 Å². The zero-order valence-electron chi connectivity index (χ0n) is 14.1. The number of rotatable bonds is 7. The Balaban J connectivity index is 1.91. The van der Waals surface area contributed by atoms with Crippen LogP contribution in [0.5, 0.6) is 11.5 Å². The van der Waals surface area contributed by atoms with Gasteiger partial charge < -0.3 is 14.4 Å². The van der Waals surface area contributed by atoms with Gasteiger partial charge in [-0.25, -0.2) is 0 Å². The van der Waals surface area contributed by atoms with Crippen molar-refractivity contribution >= 4 is 16.6 Å². The van der Waals surface area contributed by atoms with Crippen LogP contribution in [0.4, 0.5) is 0 Å². The molecule has 0 bridgehead atoms. The van der Waals surface area contributed by atoms with E-state index in [1.54, 1.807) is 24.3 Å². The van der Waals surface area contributed by atoms with Crippen LogP contribution >= 0.6 is 7.14 Å². The Bertz CT molecular complexity index is 967. The molecule has 0 spiro atoms. The van der Waals surface area contributed by atoms with Crippen LogP contribution < -0.4 is 14.4 Å². The fourth-order valence-electron chi connectivity index (χ4n) is 2.30. The second-order valence-corrected chi connectivity index (χ2v) is 9.87. The van der Waals surface area contributed by atoms with Crippen molar-refractivity contribution in [3.8, 4) is 11.5 Å². The minimum absolute atomic E-state index is 0.180. The fraction of sp³-hybridized carbons (Fsp3) is 0.0526. The number of ether oxygens (including phenoxy) is 2. The molecule has 8 heteroatoms. The van der Waals surface area contributed by atoms with Gasteiger partial charge in [-0.2, -0.15) is 8.42 Å². The van der Waals surface area contributed by atoms with Gasteiger partial charge in [0, 0.05) is 5.56 Å². The summed E-state index contributed by atoms with van der Waals surface area (Å²) in [4.78, 5) is 11.0. The zero-order valence-corrected chi connectivity index (χ0v) is 15.8. The first-order valence-electron chi connectivity index (χ1n) is 7.94. The maximum absolute atomic E-state index is 11.9. The highest BCUT2D eigenvalue weighted by Gasteiger charge is 2.25. The van der Waals surface area contributed by atoms with Crippen molar-refractivity contribution < 1.29 is 22.8 Å². The highest BCUT2D eigenvalue weighted by atomic mass is 32.8. The third kappa shape index (κ3) is 4.71. The first-order chi connectivity index (χ1) is 13.0. The van der Waals surface area contributed by atoms with Crippen molar-refractivity contribution in [2.45, 2.75) is 11.2 Å². The number of hydrogen-bond donors (Lipinski definition) is 1. The molecule has 0 saturated carbocycles. The summed E-state index contributed by atoms with van der Waals surface area (Å²) in [6, 6.07) is 23.8. The smallest absolute Gasteiger partial charge is 0.353 e. The highest BCUT2D eigenvalue weighted by molar-refractivity contribution is 8.44. The van der Waals surface area contributed by atoms with E-state index in [1.807, 2.05) is 36.4 Å². The number of benzene rings is 3. The summed E-state index contributed by atoms with van der Waals surface area (Å²) in [6.07, 6.45) is -0.823. The Hall–Kier alpha value is -2.73. The van der Waals surface area contributed by atoms with Gasteiger partial charge >= 0.3 is 9.46 Å². The molecular formula is C19H16NO5PS. The Labute approximate surface area is 158 Å². The summed E-state index contributed by atoms with van der Waals surface area (Å²) in [5.74, 6) is 1.17. The average molecular weight is 401 g/mol. The molecule has 0 aliphatic rings. The van der Waals surface area contributed by atoms with Crippen LogP contribution in [0.3, 0.4) is 0 Å². The Morgan fingerprint density at radius 2 is 1.22 bits per heavy atom. The van der Waals surface area contributed by atoms with Crippen LogP contribution in [0, 0.1) is 5.16 Å². The molecule has 0 amide bonds. The monoisotopic (exact) mass is 401 g/mol. The van der Waals surface area contributed by atoms with E-state index in [2.05, 4.69) is 0 Å². The van der Waals surface area contributed by atoms with E-state index in [0.717, 1.165) is 0 Å². The lowest BCUT2D eigenvalue weighted by Gasteiger charge is -2.21. The van der Waals surface area contributed by atoms with E-state index < -0.39 is 22.9 Å². The molecule has 0 aliphatic carbocycles. The molecule has 1 unspecified atom stereocenters. The Kier molecular flexibility index (Phi) is 5.86. The predicted molar refractivity (Wildman–Crippen MR) is 100 cm³/mol. The lowest BCUT2D eigenvalue weighted by molar-refractivity contribution is -0.150. The molecule has 0 fully saturated rings. The van der Waals surface area contributed by atoms with Crippen LogP contribution in [0.15, 0.2) is 89.8 Å². The largest absolute Gasteiger partial charge is 0.598 e. The van der Waals surface area contributed by atoms with Crippen molar-refractivity contribution in [3.05, 3.63) is 90.5 Å². The normalized spacial score (nSPS) is 11.9. The second-order valence-electron chi connectivity index (χ2n) is 5.49. The number of para-hydroxylation sites is 2. The molecule has 3 aromatic carbocycles. The molecule has 0 radical (unpaired) electrons. The standard InChI is InChI=1S/C19H16NO5PS/c20-26(21)27(22,23)18-13-11-15(12-14-18)19(24-16-7-3-1-4-8-16)25-17-9-5-2-6-10-17/h1-14,19-20H. The third-order valence-corrected chi connectivity index (χ3v) is 6.89. The summed E-state index contributed by atoms with van der Waals surface area (Å²) >= 11 is 0. The topological polar surface area (TPSA) is 99.5 Å². The van der Waals surface area contributed by atoms with Crippen molar-refractivity contribution in [1.29, 1.82) is 5.16 Å². The van der Waals surface area contributed by atoms with Crippen molar-refractivity contribution in [3.63, 3.8) is 0 Å². The molecular weight excluding hydrogens is 385 g/mol. The maximum Gasteiger partial charge on any atom is 0.353 e. The van der Waals surface area contributed by atoms with Gasteiger partial charge in [0.15, 0.2) is 0 Å². The minimum Gasteiger partial charge on any atom is -0.598 e. The van der Waals surface area contributed by atoms with E-state index in [-0.39, 0.29) is 4.90 Å². The van der Waals surface area contributed by atoms with Gasteiger partial charge in [-0.1, -0.05) is 48.5 Å². The maximum atomic E-state index is 11.9. The Morgan fingerprint density at radius 3 is 1.63 bits per heavy atom. The molecule has 3 rings (SSSR count). The summed E-state index contributed by atoms with van der Waals surface area (Å²) in [6.45, 7) is 0. The van der Waals surface area contributed by atoms with Gasteiger partial charge in [-0.05, 0) is 36.4 Å². The first kappa shape index (κ1) is 19.0. The molecule has 0 aliphatic heterocycles. The van der Waals surface area contributed by atoms with Crippen molar-refractivity contribution in [1.82, 2.24) is 0 Å². The molecule has 138 valence electrons. The van der Waals surface area contributed by atoms with Crippen LogP contribution in [-0.4, -0.2) is 8.42 Å².